The van der Waals surface area contributed by atoms with Crippen molar-refractivity contribution in [1.82, 2.24) is 10.2 Å². The Morgan fingerprint density at radius 2 is 1.75 bits per heavy atom. The van der Waals surface area contributed by atoms with E-state index in [1.165, 1.54) is 51.9 Å². The molecular weight excluding hydrogens is 248 g/mol. The van der Waals surface area contributed by atoms with Gasteiger partial charge in [0.2, 0.25) is 0 Å². The van der Waals surface area contributed by atoms with Crippen molar-refractivity contribution in [3.63, 3.8) is 0 Å². The molecule has 3 nitrogen and oxygen atoms in total. The maximum absolute atomic E-state index is 9.44. The van der Waals surface area contributed by atoms with Gasteiger partial charge in [-0.2, -0.15) is 0 Å². The minimum absolute atomic E-state index is 0.167. The Bertz CT molecular complexity index is 366. The van der Waals surface area contributed by atoms with Gasteiger partial charge < -0.3 is 15.0 Å². The lowest BCUT2D eigenvalue weighted by Crippen LogP contribution is -2.37. The maximum Gasteiger partial charge on any atom is 0.126 e. The zero-order chi connectivity index (χ0) is 14.8. The van der Waals surface area contributed by atoms with E-state index in [-0.39, 0.29) is 5.78 Å². The van der Waals surface area contributed by atoms with Gasteiger partial charge in [0.25, 0.3) is 0 Å². The van der Waals surface area contributed by atoms with E-state index < -0.39 is 0 Å². The summed E-state index contributed by atoms with van der Waals surface area (Å²) in [5.74, 6) is 0.951. The lowest BCUT2D eigenvalue weighted by atomic mass is 9.89. The van der Waals surface area contributed by atoms with E-state index in [1.807, 2.05) is 7.05 Å². The molecule has 0 aromatic heterocycles. The third kappa shape index (κ3) is 6.83. The highest BCUT2D eigenvalue weighted by Crippen LogP contribution is 2.27. The number of benzene rings is 1. The molecule has 0 radical (unpaired) electrons. The monoisotopic (exact) mass is 276 g/mol. The van der Waals surface area contributed by atoms with E-state index in [9.17, 15) is 4.79 Å². The Labute approximate surface area is 123 Å². The minimum Gasteiger partial charge on any atom is -0.318 e. The average molecular weight is 276 g/mol. The van der Waals surface area contributed by atoms with E-state index in [0.29, 0.717) is 0 Å². The molecule has 1 heterocycles. The van der Waals surface area contributed by atoms with E-state index in [1.54, 1.807) is 0 Å². The summed E-state index contributed by atoms with van der Waals surface area (Å²) in [4.78, 5) is 12.0. The molecule has 0 atom stereocenters. The van der Waals surface area contributed by atoms with Gasteiger partial charge in [-0.15, -0.1) is 0 Å². The van der Waals surface area contributed by atoms with Crippen LogP contribution in [0, 0.1) is 0 Å². The van der Waals surface area contributed by atoms with Crippen LogP contribution in [0.2, 0.25) is 0 Å². The molecule has 1 aliphatic rings. The highest BCUT2D eigenvalue weighted by atomic mass is 16.1. The molecule has 2 rings (SSSR count). The van der Waals surface area contributed by atoms with Crippen LogP contribution in [0.5, 0.6) is 0 Å². The van der Waals surface area contributed by atoms with Crippen LogP contribution in [0.3, 0.4) is 0 Å². The molecular formula is C17H28N2O. The number of hydrogen-bond acceptors (Lipinski definition) is 3. The van der Waals surface area contributed by atoms with Gasteiger partial charge in [-0.25, -0.2) is 0 Å². The second-order valence-electron chi connectivity index (χ2n) is 5.54. The van der Waals surface area contributed by atoms with Crippen molar-refractivity contribution >= 4 is 5.78 Å². The first kappa shape index (κ1) is 16.9. The van der Waals surface area contributed by atoms with Gasteiger partial charge in [0.05, 0.1) is 0 Å². The molecule has 20 heavy (non-hydrogen) atoms. The van der Waals surface area contributed by atoms with Gasteiger partial charge in [0.1, 0.15) is 5.78 Å². The predicted octanol–water partition coefficient (Wildman–Crippen LogP) is 2.68. The van der Waals surface area contributed by atoms with E-state index in [0.717, 1.165) is 12.5 Å². The van der Waals surface area contributed by atoms with Crippen LogP contribution < -0.4 is 5.32 Å². The Kier molecular flexibility index (Phi) is 8.16. The van der Waals surface area contributed by atoms with Gasteiger partial charge in [0, 0.05) is 13.1 Å². The average Bonchev–Trinajstić information content (AvgIpc) is 2.46. The summed E-state index contributed by atoms with van der Waals surface area (Å²) < 4.78 is 0. The molecule has 0 aliphatic carbocycles. The highest BCUT2D eigenvalue weighted by molar-refractivity contribution is 5.72. The lowest BCUT2D eigenvalue weighted by Gasteiger charge is -2.32. The number of hydrogen-bond donors (Lipinski definition) is 1. The van der Waals surface area contributed by atoms with Crippen molar-refractivity contribution in [2.45, 2.75) is 32.6 Å². The second-order valence-corrected chi connectivity index (χ2v) is 5.54. The van der Waals surface area contributed by atoms with Crippen molar-refractivity contribution in [3.05, 3.63) is 35.9 Å². The largest absolute Gasteiger partial charge is 0.318 e. The number of likely N-dealkylation sites (N-methyl/N-ethyl adjacent to an activating group) is 1. The van der Waals surface area contributed by atoms with Crippen LogP contribution in [0.15, 0.2) is 30.3 Å². The second kappa shape index (κ2) is 9.67. The maximum atomic E-state index is 9.44. The first-order chi connectivity index (χ1) is 9.63. The molecule has 112 valence electrons. The smallest absolute Gasteiger partial charge is 0.126 e. The number of nitrogens with zero attached hydrogens (tertiary/aromatic N) is 1. The third-order valence-electron chi connectivity index (χ3n) is 3.54. The summed E-state index contributed by atoms with van der Waals surface area (Å²) in [5.41, 5.74) is 1.52. The predicted molar refractivity (Wildman–Crippen MR) is 85.1 cm³/mol. The molecule has 1 N–H and O–H groups in total. The zero-order valence-electron chi connectivity index (χ0n) is 13.1. The number of likely N-dealkylation sites (tertiary alicyclic amines) is 1. The molecule has 3 heteroatoms. The summed E-state index contributed by atoms with van der Waals surface area (Å²) in [6, 6.07) is 11.0. The Hall–Kier alpha value is -1.19. The van der Waals surface area contributed by atoms with Gasteiger partial charge in [-0.3, -0.25) is 0 Å². The Morgan fingerprint density at radius 1 is 1.20 bits per heavy atom. The number of nitrogens with one attached hydrogen (secondary N) is 1. The number of carbonyl (C=O) groups excluding carboxylic acids is 1. The van der Waals surface area contributed by atoms with Crippen molar-refractivity contribution in [2.75, 3.05) is 33.2 Å². The Morgan fingerprint density at radius 3 is 2.25 bits per heavy atom. The van der Waals surface area contributed by atoms with Crippen LogP contribution in [0.1, 0.15) is 38.2 Å². The minimum atomic E-state index is 0.167. The van der Waals surface area contributed by atoms with Crippen molar-refractivity contribution in [2.24, 2.45) is 0 Å². The van der Waals surface area contributed by atoms with Crippen LogP contribution in [0.4, 0.5) is 0 Å². The molecule has 1 saturated heterocycles. The van der Waals surface area contributed by atoms with Gasteiger partial charge in [0.15, 0.2) is 0 Å². The van der Waals surface area contributed by atoms with Crippen LogP contribution in [0.25, 0.3) is 0 Å². The topological polar surface area (TPSA) is 32.3 Å². The number of Topliss-reactive ketones (excluding diaryl/α,β-unsaturated/α-hetero) is 1. The number of ketones is 1. The van der Waals surface area contributed by atoms with E-state index >= 15 is 0 Å². The summed E-state index contributed by atoms with van der Waals surface area (Å²) in [7, 11) is 2.02. The summed E-state index contributed by atoms with van der Waals surface area (Å²) in [6.45, 7) is 7.86. The van der Waals surface area contributed by atoms with Crippen LogP contribution >= 0.6 is 0 Å². The quantitative estimate of drug-likeness (QED) is 0.917. The molecule has 1 aliphatic heterocycles. The van der Waals surface area contributed by atoms with Gasteiger partial charge in [-0.1, -0.05) is 30.3 Å². The summed E-state index contributed by atoms with van der Waals surface area (Å²) in [6.07, 6.45) is 2.63. The summed E-state index contributed by atoms with van der Waals surface area (Å²) in [5, 5.41) is 3.22. The molecule has 0 bridgehead atoms. The highest BCUT2D eigenvalue weighted by Gasteiger charge is 2.19. The summed E-state index contributed by atoms with van der Waals surface area (Å²) >= 11 is 0. The fourth-order valence-electron chi connectivity index (χ4n) is 2.49. The van der Waals surface area contributed by atoms with E-state index in [2.05, 4.69) is 40.5 Å². The molecule has 0 saturated carbocycles. The molecule has 1 fully saturated rings. The fraction of sp³-hybridized carbons (Fsp3) is 0.588. The van der Waals surface area contributed by atoms with Crippen LogP contribution in [-0.4, -0.2) is 43.9 Å². The molecule has 0 unspecified atom stereocenters. The zero-order valence-corrected chi connectivity index (χ0v) is 13.1. The number of carbonyl (C=O) groups is 1. The third-order valence-corrected chi connectivity index (χ3v) is 3.54. The molecule has 1 aromatic carbocycles. The van der Waals surface area contributed by atoms with Gasteiger partial charge >= 0.3 is 0 Å². The number of rotatable bonds is 4. The molecule has 1 aromatic rings. The normalized spacial score (nSPS) is 16.4. The van der Waals surface area contributed by atoms with Crippen molar-refractivity contribution in [1.29, 1.82) is 0 Å². The standard InChI is InChI=1S/C14H22N2.C3H6O/c1-15-9-12-16-10-7-14(8-11-16)13-5-3-2-4-6-13;1-3(2)4/h2-6,14-15H,7-12H2,1H3;1-2H3. The lowest BCUT2D eigenvalue weighted by molar-refractivity contribution is -0.114. The van der Waals surface area contributed by atoms with Crippen molar-refractivity contribution in [3.8, 4) is 0 Å². The first-order valence-electron chi connectivity index (χ1n) is 7.52. The SMILES string of the molecule is CC(C)=O.CNCCN1CCC(c2ccccc2)CC1. The fourth-order valence-corrected chi connectivity index (χ4v) is 2.49. The molecule has 0 amide bonds. The first-order valence-corrected chi connectivity index (χ1v) is 7.52. The Balaban J connectivity index is 0.000000444. The van der Waals surface area contributed by atoms with Crippen molar-refractivity contribution < 1.29 is 4.79 Å². The van der Waals surface area contributed by atoms with E-state index in [4.69, 9.17) is 0 Å². The van der Waals surface area contributed by atoms with Gasteiger partial charge in [-0.05, 0) is 58.3 Å². The van der Waals surface area contributed by atoms with Crippen LogP contribution in [-0.2, 0) is 4.79 Å². The number of piperidine rings is 1. The molecule has 0 spiro atoms.